The predicted molar refractivity (Wildman–Crippen MR) is 84.5 cm³/mol. The van der Waals surface area contributed by atoms with Gasteiger partial charge < -0.3 is 10.7 Å². The number of rotatable bonds is 6. The van der Waals surface area contributed by atoms with Crippen molar-refractivity contribution in [1.82, 2.24) is 4.98 Å². The van der Waals surface area contributed by atoms with Crippen LogP contribution in [0, 0.1) is 0 Å². The van der Waals surface area contributed by atoms with Gasteiger partial charge in [-0.15, -0.1) is 0 Å². The number of pyridine rings is 1. The van der Waals surface area contributed by atoms with E-state index in [9.17, 15) is 0 Å². The maximum atomic E-state index is 5.38. The van der Waals surface area contributed by atoms with Gasteiger partial charge >= 0.3 is 0 Å². The molecule has 106 valence electrons. The molecule has 0 atom stereocenters. The summed E-state index contributed by atoms with van der Waals surface area (Å²) in [4.78, 5) is 4.38. The molecule has 1 aromatic carbocycles. The zero-order valence-corrected chi connectivity index (χ0v) is 12.1. The summed E-state index contributed by atoms with van der Waals surface area (Å²) in [5.74, 6) is 6.87. The minimum absolute atomic E-state index is 0.0317. The third-order valence-electron chi connectivity index (χ3n) is 3.24. The van der Waals surface area contributed by atoms with Crippen molar-refractivity contribution in [2.24, 2.45) is 5.84 Å². The molecule has 0 saturated heterocycles. The van der Waals surface area contributed by atoms with Crippen LogP contribution in [0.5, 0.6) is 0 Å². The average molecular weight is 270 g/mol. The summed E-state index contributed by atoms with van der Waals surface area (Å²) in [7, 11) is 0. The van der Waals surface area contributed by atoms with Gasteiger partial charge in [-0.2, -0.15) is 0 Å². The molecule has 20 heavy (non-hydrogen) atoms. The van der Waals surface area contributed by atoms with E-state index in [4.69, 9.17) is 5.84 Å². The number of nitrogens with two attached hydrogens (primary N) is 1. The molecule has 0 aliphatic heterocycles. The Hall–Kier alpha value is -2.07. The van der Waals surface area contributed by atoms with Crippen LogP contribution in [-0.2, 0) is 6.42 Å². The zero-order valence-electron chi connectivity index (χ0n) is 12.1. The number of hydrazine groups is 1. The summed E-state index contributed by atoms with van der Waals surface area (Å²) in [6, 6.07) is 16.2. The predicted octanol–water partition coefficient (Wildman–Crippen LogP) is 3.19. The molecule has 0 bridgehead atoms. The number of hydrogen-bond donors (Lipinski definition) is 3. The van der Waals surface area contributed by atoms with Crippen LogP contribution in [0.15, 0.2) is 48.5 Å². The van der Waals surface area contributed by atoms with Crippen molar-refractivity contribution in [1.29, 1.82) is 0 Å². The largest absolute Gasteiger partial charge is 0.365 e. The summed E-state index contributed by atoms with van der Waals surface area (Å²) >= 11 is 0. The smallest absolute Gasteiger partial charge is 0.142 e. The molecule has 0 unspecified atom stereocenters. The fourth-order valence-electron chi connectivity index (χ4n) is 2.10. The van der Waals surface area contributed by atoms with Crippen LogP contribution >= 0.6 is 0 Å². The Morgan fingerprint density at radius 1 is 1.00 bits per heavy atom. The van der Waals surface area contributed by atoms with Gasteiger partial charge in [-0.25, -0.2) is 10.8 Å². The number of aromatic nitrogens is 1. The van der Waals surface area contributed by atoms with Crippen LogP contribution in [0.25, 0.3) is 0 Å². The van der Waals surface area contributed by atoms with Gasteiger partial charge in [-0.05, 0) is 44.4 Å². The molecule has 2 rings (SSSR count). The zero-order chi connectivity index (χ0) is 14.4. The number of aryl methyl sites for hydroxylation is 1. The first-order valence-corrected chi connectivity index (χ1v) is 6.85. The summed E-state index contributed by atoms with van der Waals surface area (Å²) in [6.45, 7) is 4.36. The van der Waals surface area contributed by atoms with E-state index in [1.807, 2.05) is 24.3 Å². The van der Waals surface area contributed by atoms with Crippen molar-refractivity contribution in [3.63, 3.8) is 0 Å². The van der Waals surface area contributed by atoms with E-state index < -0.39 is 0 Å². The highest BCUT2D eigenvalue weighted by molar-refractivity contribution is 5.45. The van der Waals surface area contributed by atoms with Crippen molar-refractivity contribution >= 4 is 11.6 Å². The first kappa shape index (κ1) is 14.3. The monoisotopic (exact) mass is 270 g/mol. The van der Waals surface area contributed by atoms with E-state index in [0.717, 1.165) is 18.7 Å². The van der Waals surface area contributed by atoms with Crippen LogP contribution < -0.4 is 16.6 Å². The van der Waals surface area contributed by atoms with Crippen molar-refractivity contribution in [3.8, 4) is 0 Å². The molecule has 0 amide bonds. The van der Waals surface area contributed by atoms with Crippen LogP contribution in [0.2, 0.25) is 0 Å². The Kier molecular flexibility index (Phi) is 4.58. The second-order valence-electron chi connectivity index (χ2n) is 5.55. The summed E-state index contributed by atoms with van der Waals surface area (Å²) in [5.41, 5.74) is 3.88. The number of nitrogens with one attached hydrogen (secondary N) is 2. The lowest BCUT2D eigenvalue weighted by Crippen LogP contribution is -2.32. The van der Waals surface area contributed by atoms with Gasteiger partial charge in [0.2, 0.25) is 0 Å². The van der Waals surface area contributed by atoms with E-state index >= 15 is 0 Å². The van der Waals surface area contributed by atoms with E-state index in [1.54, 1.807) is 0 Å². The minimum atomic E-state index is -0.0317. The first-order chi connectivity index (χ1) is 9.59. The van der Waals surface area contributed by atoms with Crippen molar-refractivity contribution < 1.29 is 0 Å². The molecule has 0 fully saturated rings. The van der Waals surface area contributed by atoms with Gasteiger partial charge in [-0.1, -0.05) is 36.4 Å². The average Bonchev–Trinajstić information content (AvgIpc) is 2.46. The van der Waals surface area contributed by atoms with Crippen LogP contribution in [0.4, 0.5) is 11.6 Å². The van der Waals surface area contributed by atoms with Gasteiger partial charge in [0.05, 0.1) is 0 Å². The highest BCUT2D eigenvalue weighted by Gasteiger charge is 2.17. The van der Waals surface area contributed by atoms with Crippen LogP contribution in [-0.4, -0.2) is 10.5 Å². The lowest BCUT2D eigenvalue weighted by atomic mass is 9.95. The number of nitrogen functional groups attached to an aromatic ring is 1. The van der Waals surface area contributed by atoms with Crippen molar-refractivity contribution in [3.05, 3.63) is 54.1 Å². The second kappa shape index (κ2) is 6.39. The molecule has 0 radical (unpaired) electrons. The molecule has 4 heteroatoms. The van der Waals surface area contributed by atoms with Crippen molar-refractivity contribution in [2.45, 2.75) is 32.2 Å². The molecular weight excluding hydrogens is 248 g/mol. The maximum absolute atomic E-state index is 5.38. The van der Waals surface area contributed by atoms with Gasteiger partial charge in [0, 0.05) is 5.54 Å². The highest BCUT2D eigenvalue weighted by Crippen LogP contribution is 2.20. The SMILES string of the molecule is CC(C)(CCc1ccccc1)Nc1cccc(NN)n1. The van der Waals surface area contributed by atoms with Gasteiger partial charge in [0.1, 0.15) is 11.6 Å². The topological polar surface area (TPSA) is 63.0 Å². The molecule has 1 heterocycles. The van der Waals surface area contributed by atoms with E-state index in [2.05, 4.69) is 53.8 Å². The number of nitrogens with zero attached hydrogens (tertiary/aromatic N) is 1. The Balaban J connectivity index is 1.96. The molecular formula is C16H22N4. The molecule has 0 aliphatic rings. The maximum Gasteiger partial charge on any atom is 0.142 e. The molecule has 4 N–H and O–H groups in total. The van der Waals surface area contributed by atoms with Crippen molar-refractivity contribution in [2.75, 3.05) is 10.7 Å². The Labute approximate surface area is 120 Å². The van der Waals surface area contributed by atoms with Crippen LogP contribution in [0.3, 0.4) is 0 Å². The first-order valence-electron chi connectivity index (χ1n) is 6.85. The molecule has 2 aromatic rings. The van der Waals surface area contributed by atoms with E-state index in [1.165, 1.54) is 5.56 Å². The second-order valence-corrected chi connectivity index (χ2v) is 5.55. The minimum Gasteiger partial charge on any atom is -0.365 e. The Bertz CT molecular complexity index is 537. The third-order valence-corrected chi connectivity index (χ3v) is 3.24. The summed E-state index contributed by atoms with van der Waals surface area (Å²) in [5, 5.41) is 3.46. The summed E-state index contributed by atoms with van der Waals surface area (Å²) < 4.78 is 0. The van der Waals surface area contributed by atoms with Gasteiger partial charge in [-0.3, -0.25) is 0 Å². The lowest BCUT2D eigenvalue weighted by Gasteiger charge is -2.27. The third kappa shape index (κ3) is 4.24. The lowest BCUT2D eigenvalue weighted by molar-refractivity contribution is 0.516. The van der Waals surface area contributed by atoms with E-state index in [0.29, 0.717) is 5.82 Å². The van der Waals surface area contributed by atoms with Gasteiger partial charge in [0.15, 0.2) is 0 Å². The number of benzene rings is 1. The standard InChI is InChI=1S/C16H22N4/c1-16(2,12-11-13-7-4-3-5-8-13)19-14-9-6-10-15(18-14)20-17/h3-10H,11-12,17H2,1-2H3,(H2,18,19,20). The Morgan fingerprint density at radius 3 is 2.40 bits per heavy atom. The van der Waals surface area contributed by atoms with Gasteiger partial charge in [0.25, 0.3) is 0 Å². The molecule has 1 aromatic heterocycles. The Morgan fingerprint density at radius 2 is 1.70 bits per heavy atom. The molecule has 4 nitrogen and oxygen atoms in total. The summed E-state index contributed by atoms with van der Waals surface area (Å²) in [6.07, 6.45) is 2.06. The fourth-order valence-corrected chi connectivity index (χ4v) is 2.10. The normalized spacial score (nSPS) is 11.2. The van der Waals surface area contributed by atoms with Crippen LogP contribution in [0.1, 0.15) is 25.8 Å². The fraction of sp³-hybridized carbons (Fsp3) is 0.312. The quantitative estimate of drug-likeness (QED) is 0.557. The highest BCUT2D eigenvalue weighted by atomic mass is 15.3. The molecule has 0 spiro atoms. The number of anilines is 2. The number of hydrogen-bond acceptors (Lipinski definition) is 4. The van der Waals surface area contributed by atoms with E-state index in [-0.39, 0.29) is 5.54 Å². The molecule has 0 aliphatic carbocycles. The molecule has 0 saturated carbocycles.